The Balaban J connectivity index is 2.78. The van der Waals surface area contributed by atoms with Crippen LogP contribution in [0.1, 0.15) is 12.5 Å². The SMILES string of the molecule is CCN(CCNC)c1cnc(N)c(C)c1. The minimum Gasteiger partial charge on any atom is -0.383 e. The molecule has 0 spiro atoms. The Labute approximate surface area is 91.5 Å². The molecule has 0 fully saturated rings. The number of aryl methyl sites for hydroxylation is 1. The van der Waals surface area contributed by atoms with E-state index in [1.807, 2.05) is 20.2 Å². The molecule has 0 radical (unpaired) electrons. The van der Waals surface area contributed by atoms with Gasteiger partial charge in [0.1, 0.15) is 5.82 Å². The van der Waals surface area contributed by atoms with Gasteiger partial charge < -0.3 is 16.0 Å². The lowest BCUT2D eigenvalue weighted by molar-refractivity contribution is 0.735. The first-order valence-corrected chi connectivity index (χ1v) is 5.30. The number of rotatable bonds is 5. The maximum Gasteiger partial charge on any atom is 0.126 e. The van der Waals surface area contributed by atoms with Crippen molar-refractivity contribution in [3.05, 3.63) is 17.8 Å². The van der Waals surface area contributed by atoms with E-state index in [-0.39, 0.29) is 0 Å². The molecular weight excluding hydrogens is 188 g/mol. The molecule has 0 aliphatic heterocycles. The third-order valence-electron chi connectivity index (χ3n) is 2.48. The fourth-order valence-electron chi connectivity index (χ4n) is 1.46. The van der Waals surface area contributed by atoms with Gasteiger partial charge in [0.15, 0.2) is 0 Å². The number of hydrogen-bond acceptors (Lipinski definition) is 4. The summed E-state index contributed by atoms with van der Waals surface area (Å²) in [4.78, 5) is 6.45. The van der Waals surface area contributed by atoms with Crippen LogP contribution in [0.4, 0.5) is 11.5 Å². The molecule has 1 heterocycles. The predicted octanol–water partition coefficient (Wildman–Crippen LogP) is 1.02. The lowest BCUT2D eigenvalue weighted by Gasteiger charge is -2.23. The molecule has 0 saturated carbocycles. The number of nitrogens with zero attached hydrogens (tertiary/aromatic N) is 2. The van der Waals surface area contributed by atoms with Crippen molar-refractivity contribution >= 4 is 11.5 Å². The van der Waals surface area contributed by atoms with Crippen molar-refractivity contribution in [3.8, 4) is 0 Å². The average molecular weight is 208 g/mol. The van der Waals surface area contributed by atoms with Crippen molar-refractivity contribution in [1.29, 1.82) is 0 Å². The number of nitrogens with one attached hydrogen (secondary N) is 1. The van der Waals surface area contributed by atoms with Crippen LogP contribution in [0, 0.1) is 6.92 Å². The number of nitrogen functional groups attached to an aromatic ring is 1. The van der Waals surface area contributed by atoms with Gasteiger partial charge in [0.2, 0.25) is 0 Å². The third-order valence-corrected chi connectivity index (χ3v) is 2.48. The minimum absolute atomic E-state index is 0.614. The van der Waals surface area contributed by atoms with Gasteiger partial charge in [-0.25, -0.2) is 4.98 Å². The van der Waals surface area contributed by atoms with E-state index in [2.05, 4.69) is 28.2 Å². The molecule has 0 atom stereocenters. The molecule has 4 heteroatoms. The number of pyridine rings is 1. The van der Waals surface area contributed by atoms with Crippen LogP contribution < -0.4 is 16.0 Å². The lowest BCUT2D eigenvalue weighted by atomic mass is 10.2. The van der Waals surface area contributed by atoms with Crippen LogP contribution in [0.2, 0.25) is 0 Å². The highest BCUT2D eigenvalue weighted by molar-refractivity contribution is 5.52. The number of hydrogen-bond donors (Lipinski definition) is 2. The minimum atomic E-state index is 0.614. The molecule has 1 rings (SSSR count). The molecule has 0 amide bonds. The smallest absolute Gasteiger partial charge is 0.126 e. The number of aromatic nitrogens is 1. The van der Waals surface area contributed by atoms with E-state index in [0.717, 1.165) is 30.9 Å². The summed E-state index contributed by atoms with van der Waals surface area (Å²) in [7, 11) is 1.96. The van der Waals surface area contributed by atoms with Crippen molar-refractivity contribution in [1.82, 2.24) is 10.3 Å². The fourth-order valence-corrected chi connectivity index (χ4v) is 1.46. The molecule has 4 nitrogen and oxygen atoms in total. The summed E-state index contributed by atoms with van der Waals surface area (Å²) in [6.45, 7) is 7.06. The zero-order valence-electron chi connectivity index (χ0n) is 9.75. The van der Waals surface area contributed by atoms with Gasteiger partial charge in [-0.3, -0.25) is 0 Å². The first-order chi connectivity index (χ1) is 7.19. The zero-order valence-corrected chi connectivity index (χ0v) is 9.75. The largest absolute Gasteiger partial charge is 0.383 e. The highest BCUT2D eigenvalue weighted by Gasteiger charge is 2.05. The highest BCUT2D eigenvalue weighted by atomic mass is 15.1. The Kier molecular flexibility index (Phi) is 4.37. The van der Waals surface area contributed by atoms with Crippen LogP contribution in [-0.4, -0.2) is 31.7 Å². The Morgan fingerprint density at radius 2 is 2.27 bits per heavy atom. The summed E-state index contributed by atoms with van der Waals surface area (Å²) in [6, 6.07) is 2.08. The van der Waals surface area contributed by atoms with Crippen LogP contribution in [-0.2, 0) is 0 Å². The topological polar surface area (TPSA) is 54.2 Å². The second kappa shape index (κ2) is 5.56. The standard InChI is InChI=1S/C11H20N4/c1-4-15(6-5-13-3)10-7-9(2)11(12)14-8-10/h7-8,13H,4-6H2,1-3H3,(H2,12,14). The van der Waals surface area contributed by atoms with Crippen LogP contribution in [0.25, 0.3) is 0 Å². The summed E-state index contributed by atoms with van der Waals surface area (Å²) >= 11 is 0. The Hall–Kier alpha value is -1.29. The summed E-state index contributed by atoms with van der Waals surface area (Å²) in [5.74, 6) is 0.614. The quantitative estimate of drug-likeness (QED) is 0.758. The average Bonchev–Trinajstić information content (AvgIpc) is 2.24. The number of nitrogens with two attached hydrogens (primary N) is 1. The molecule has 84 valence electrons. The van der Waals surface area contributed by atoms with Crippen molar-refractivity contribution in [2.45, 2.75) is 13.8 Å². The summed E-state index contributed by atoms with van der Waals surface area (Å²) in [6.07, 6.45) is 1.83. The van der Waals surface area contributed by atoms with E-state index in [0.29, 0.717) is 5.82 Å². The fraction of sp³-hybridized carbons (Fsp3) is 0.545. The van der Waals surface area contributed by atoms with E-state index >= 15 is 0 Å². The molecule has 0 saturated heterocycles. The lowest BCUT2D eigenvalue weighted by Crippen LogP contribution is -2.30. The van der Waals surface area contributed by atoms with Crippen molar-refractivity contribution < 1.29 is 0 Å². The van der Waals surface area contributed by atoms with Crippen LogP contribution >= 0.6 is 0 Å². The van der Waals surface area contributed by atoms with Gasteiger partial charge in [-0.05, 0) is 32.5 Å². The molecule has 1 aromatic heterocycles. The molecule has 0 aliphatic carbocycles. The predicted molar refractivity (Wildman–Crippen MR) is 65.2 cm³/mol. The van der Waals surface area contributed by atoms with Gasteiger partial charge in [-0.1, -0.05) is 0 Å². The molecule has 3 N–H and O–H groups in total. The van der Waals surface area contributed by atoms with E-state index in [4.69, 9.17) is 5.73 Å². The zero-order chi connectivity index (χ0) is 11.3. The van der Waals surface area contributed by atoms with Crippen molar-refractivity contribution in [3.63, 3.8) is 0 Å². The van der Waals surface area contributed by atoms with Crippen LogP contribution in [0.3, 0.4) is 0 Å². The Bertz CT molecular complexity index is 311. The molecule has 0 unspecified atom stereocenters. The summed E-state index contributed by atoms with van der Waals surface area (Å²) in [5.41, 5.74) is 7.86. The third kappa shape index (κ3) is 3.09. The normalized spacial score (nSPS) is 10.3. The maximum atomic E-state index is 5.69. The van der Waals surface area contributed by atoms with E-state index < -0.39 is 0 Å². The monoisotopic (exact) mass is 208 g/mol. The van der Waals surface area contributed by atoms with Crippen molar-refractivity contribution in [2.75, 3.05) is 37.3 Å². The van der Waals surface area contributed by atoms with Gasteiger partial charge in [0.05, 0.1) is 11.9 Å². The maximum absolute atomic E-state index is 5.69. The van der Waals surface area contributed by atoms with E-state index in [9.17, 15) is 0 Å². The molecule has 1 aromatic rings. The van der Waals surface area contributed by atoms with Gasteiger partial charge >= 0.3 is 0 Å². The molecule has 0 bridgehead atoms. The molecule has 0 aliphatic rings. The number of likely N-dealkylation sites (N-methyl/N-ethyl adjacent to an activating group) is 2. The summed E-state index contributed by atoms with van der Waals surface area (Å²) in [5, 5.41) is 3.14. The Morgan fingerprint density at radius 1 is 1.53 bits per heavy atom. The second-order valence-electron chi connectivity index (χ2n) is 3.58. The number of anilines is 2. The van der Waals surface area contributed by atoms with E-state index in [1.165, 1.54) is 0 Å². The van der Waals surface area contributed by atoms with Crippen LogP contribution in [0.5, 0.6) is 0 Å². The van der Waals surface area contributed by atoms with Gasteiger partial charge in [-0.2, -0.15) is 0 Å². The highest BCUT2D eigenvalue weighted by Crippen LogP contribution is 2.17. The molecular formula is C11H20N4. The first-order valence-electron chi connectivity index (χ1n) is 5.30. The molecule has 15 heavy (non-hydrogen) atoms. The Morgan fingerprint density at radius 3 is 2.80 bits per heavy atom. The van der Waals surface area contributed by atoms with Gasteiger partial charge in [0.25, 0.3) is 0 Å². The first kappa shape index (κ1) is 11.8. The summed E-state index contributed by atoms with van der Waals surface area (Å²) < 4.78 is 0. The van der Waals surface area contributed by atoms with Gasteiger partial charge in [0, 0.05) is 19.6 Å². The van der Waals surface area contributed by atoms with Crippen molar-refractivity contribution in [2.24, 2.45) is 0 Å². The van der Waals surface area contributed by atoms with E-state index in [1.54, 1.807) is 0 Å². The van der Waals surface area contributed by atoms with Gasteiger partial charge in [-0.15, -0.1) is 0 Å². The van der Waals surface area contributed by atoms with Crippen LogP contribution in [0.15, 0.2) is 12.3 Å². The second-order valence-corrected chi connectivity index (χ2v) is 3.58. The molecule has 0 aromatic carbocycles.